The highest BCUT2D eigenvalue weighted by molar-refractivity contribution is 6.30. The van der Waals surface area contributed by atoms with E-state index in [-0.39, 0.29) is 6.03 Å². The maximum atomic E-state index is 12.4. The molecule has 3 nitrogen and oxygen atoms in total. The zero-order valence-corrected chi connectivity index (χ0v) is 14.0. The second kappa shape index (κ2) is 7.05. The van der Waals surface area contributed by atoms with Gasteiger partial charge in [-0.3, -0.25) is 0 Å². The molecule has 2 amide bonds. The Balaban J connectivity index is 1.58. The molecule has 1 fully saturated rings. The summed E-state index contributed by atoms with van der Waals surface area (Å²) < 4.78 is 0. The molecule has 1 aliphatic rings. The van der Waals surface area contributed by atoms with Crippen molar-refractivity contribution in [2.24, 2.45) is 0 Å². The molecule has 0 saturated carbocycles. The first kappa shape index (κ1) is 15.9. The molecule has 3 rings (SSSR count). The summed E-state index contributed by atoms with van der Waals surface area (Å²) >= 11 is 5.95. The van der Waals surface area contributed by atoms with Gasteiger partial charge in [0.25, 0.3) is 0 Å². The second-order valence-corrected chi connectivity index (χ2v) is 6.50. The monoisotopic (exact) mass is 328 g/mol. The number of anilines is 1. The highest BCUT2D eigenvalue weighted by atomic mass is 35.5. The van der Waals surface area contributed by atoms with Crippen molar-refractivity contribution < 1.29 is 4.79 Å². The Hall–Kier alpha value is -2.00. The minimum atomic E-state index is -0.0260. The van der Waals surface area contributed by atoms with Crippen LogP contribution in [0.1, 0.15) is 29.9 Å². The number of carbonyl (C=O) groups is 1. The number of nitrogens with zero attached hydrogens (tertiary/aromatic N) is 1. The first-order valence-corrected chi connectivity index (χ1v) is 8.38. The minimum absolute atomic E-state index is 0.0260. The molecular weight excluding hydrogens is 308 g/mol. The zero-order valence-electron chi connectivity index (χ0n) is 13.3. The summed E-state index contributed by atoms with van der Waals surface area (Å²) in [5, 5.41) is 3.67. The molecule has 0 aliphatic carbocycles. The fraction of sp³-hybridized carbons (Fsp3) is 0.316. The fourth-order valence-electron chi connectivity index (χ4n) is 3.10. The number of amides is 2. The lowest BCUT2D eigenvalue weighted by Crippen LogP contribution is -2.40. The smallest absolute Gasteiger partial charge is 0.321 e. The Bertz CT molecular complexity index is 679. The lowest BCUT2D eigenvalue weighted by molar-refractivity contribution is 0.194. The van der Waals surface area contributed by atoms with Gasteiger partial charge in [0.1, 0.15) is 0 Å². The minimum Gasteiger partial charge on any atom is -0.324 e. The summed E-state index contributed by atoms with van der Waals surface area (Å²) in [4.78, 5) is 14.3. The van der Waals surface area contributed by atoms with Crippen molar-refractivity contribution in [3.05, 3.63) is 64.7 Å². The molecule has 0 bridgehead atoms. The highest BCUT2D eigenvalue weighted by Crippen LogP contribution is 2.28. The van der Waals surface area contributed by atoms with Crippen LogP contribution in [-0.2, 0) is 0 Å². The number of rotatable bonds is 2. The summed E-state index contributed by atoms with van der Waals surface area (Å²) in [7, 11) is 0. The van der Waals surface area contributed by atoms with E-state index in [9.17, 15) is 4.79 Å². The summed E-state index contributed by atoms with van der Waals surface area (Å²) in [5.74, 6) is 0.553. The van der Waals surface area contributed by atoms with Gasteiger partial charge < -0.3 is 10.2 Å². The Morgan fingerprint density at radius 2 is 1.83 bits per heavy atom. The van der Waals surface area contributed by atoms with Gasteiger partial charge >= 0.3 is 6.03 Å². The topological polar surface area (TPSA) is 32.3 Å². The molecule has 0 atom stereocenters. The van der Waals surface area contributed by atoms with Gasteiger partial charge in [0, 0.05) is 23.8 Å². The number of halogens is 1. The Labute approximate surface area is 142 Å². The van der Waals surface area contributed by atoms with E-state index in [0.29, 0.717) is 10.9 Å². The van der Waals surface area contributed by atoms with Crippen LogP contribution in [0.3, 0.4) is 0 Å². The Morgan fingerprint density at radius 1 is 1.13 bits per heavy atom. The maximum absolute atomic E-state index is 12.4. The van der Waals surface area contributed by atoms with Crippen molar-refractivity contribution in [1.29, 1.82) is 0 Å². The molecule has 1 saturated heterocycles. The van der Waals surface area contributed by atoms with Crippen LogP contribution in [0, 0.1) is 6.92 Å². The third kappa shape index (κ3) is 3.85. The number of piperidine rings is 1. The van der Waals surface area contributed by atoms with Crippen LogP contribution in [0.2, 0.25) is 5.02 Å². The van der Waals surface area contributed by atoms with Gasteiger partial charge in [-0.25, -0.2) is 4.79 Å². The average Bonchev–Trinajstić information content (AvgIpc) is 2.58. The van der Waals surface area contributed by atoms with Crippen molar-refractivity contribution in [1.82, 2.24) is 4.90 Å². The number of benzene rings is 2. The van der Waals surface area contributed by atoms with E-state index >= 15 is 0 Å². The van der Waals surface area contributed by atoms with E-state index in [1.165, 1.54) is 5.56 Å². The van der Waals surface area contributed by atoms with E-state index in [1.807, 2.05) is 30.0 Å². The van der Waals surface area contributed by atoms with Crippen LogP contribution in [0.5, 0.6) is 0 Å². The molecule has 2 aromatic rings. The van der Waals surface area contributed by atoms with Gasteiger partial charge in [-0.2, -0.15) is 0 Å². The van der Waals surface area contributed by atoms with E-state index in [1.54, 1.807) is 6.07 Å². The molecule has 1 heterocycles. The summed E-state index contributed by atoms with van der Waals surface area (Å²) in [6.07, 6.45) is 2.02. The number of carbonyl (C=O) groups excluding carboxylic acids is 1. The average molecular weight is 329 g/mol. The number of likely N-dealkylation sites (tertiary alicyclic amines) is 1. The predicted octanol–water partition coefficient (Wildman–Crippen LogP) is 5.06. The number of nitrogens with one attached hydrogen (secondary N) is 1. The summed E-state index contributed by atoms with van der Waals surface area (Å²) in [5.41, 5.74) is 3.18. The van der Waals surface area contributed by atoms with Crippen LogP contribution in [0.15, 0.2) is 48.5 Å². The number of aryl methyl sites for hydroxylation is 1. The van der Waals surface area contributed by atoms with Crippen molar-refractivity contribution in [2.45, 2.75) is 25.7 Å². The van der Waals surface area contributed by atoms with Gasteiger partial charge in [-0.1, -0.05) is 41.9 Å². The molecule has 4 heteroatoms. The molecule has 0 radical (unpaired) electrons. The first-order chi connectivity index (χ1) is 11.1. The molecule has 0 spiro atoms. The highest BCUT2D eigenvalue weighted by Gasteiger charge is 2.23. The third-order valence-corrected chi connectivity index (χ3v) is 4.72. The van der Waals surface area contributed by atoms with Crippen molar-refractivity contribution in [2.75, 3.05) is 18.4 Å². The lowest BCUT2D eigenvalue weighted by atomic mass is 9.90. The van der Waals surface area contributed by atoms with Gasteiger partial charge in [-0.05, 0) is 55.0 Å². The predicted molar refractivity (Wildman–Crippen MR) is 95.2 cm³/mol. The first-order valence-electron chi connectivity index (χ1n) is 8.00. The third-order valence-electron chi connectivity index (χ3n) is 4.48. The van der Waals surface area contributed by atoms with Crippen LogP contribution < -0.4 is 5.32 Å². The summed E-state index contributed by atoms with van der Waals surface area (Å²) in [6.45, 7) is 3.53. The van der Waals surface area contributed by atoms with Gasteiger partial charge in [0.2, 0.25) is 0 Å². The van der Waals surface area contributed by atoms with E-state index in [0.717, 1.165) is 37.2 Å². The van der Waals surface area contributed by atoms with E-state index < -0.39 is 0 Å². The molecule has 23 heavy (non-hydrogen) atoms. The van der Waals surface area contributed by atoms with Crippen LogP contribution in [0.4, 0.5) is 10.5 Å². The van der Waals surface area contributed by atoms with Crippen molar-refractivity contribution in [3.63, 3.8) is 0 Å². The van der Waals surface area contributed by atoms with Crippen LogP contribution >= 0.6 is 11.6 Å². The van der Waals surface area contributed by atoms with Crippen molar-refractivity contribution in [3.8, 4) is 0 Å². The molecule has 0 aromatic heterocycles. The normalized spacial score (nSPS) is 15.5. The van der Waals surface area contributed by atoms with Crippen LogP contribution in [0.25, 0.3) is 0 Å². The Morgan fingerprint density at radius 3 is 2.48 bits per heavy atom. The fourth-order valence-corrected chi connectivity index (χ4v) is 3.33. The largest absolute Gasteiger partial charge is 0.324 e. The molecule has 1 N–H and O–H groups in total. The SMILES string of the molecule is Cc1cc(Cl)ccc1NC(=O)N1CCC(c2ccccc2)CC1. The molecular formula is C19H21ClN2O. The molecule has 0 unspecified atom stereocenters. The standard InChI is InChI=1S/C19H21ClN2O/c1-14-13-17(20)7-8-18(14)21-19(23)22-11-9-16(10-12-22)15-5-3-2-4-6-15/h2-8,13,16H,9-12H2,1H3,(H,21,23). The van der Waals surface area contributed by atoms with Gasteiger partial charge in [-0.15, -0.1) is 0 Å². The van der Waals surface area contributed by atoms with E-state index in [2.05, 4.69) is 29.6 Å². The number of hydrogen-bond donors (Lipinski definition) is 1. The Kier molecular flexibility index (Phi) is 4.87. The quantitative estimate of drug-likeness (QED) is 0.821. The zero-order chi connectivity index (χ0) is 16.2. The number of hydrogen-bond acceptors (Lipinski definition) is 1. The molecule has 2 aromatic carbocycles. The number of urea groups is 1. The maximum Gasteiger partial charge on any atom is 0.321 e. The summed E-state index contributed by atoms with van der Waals surface area (Å²) in [6, 6.07) is 16.0. The van der Waals surface area contributed by atoms with Gasteiger partial charge in [0.05, 0.1) is 0 Å². The lowest BCUT2D eigenvalue weighted by Gasteiger charge is -2.32. The molecule has 1 aliphatic heterocycles. The van der Waals surface area contributed by atoms with Gasteiger partial charge in [0.15, 0.2) is 0 Å². The molecule has 120 valence electrons. The van der Waals surface area contributed by atoms with E-state index in [4.69, 9.17) is 11.6 Å². The van der Waals surface area contributed by atoms with Crippen LogP contribution in [-0.4, -0.2) is 24.0 Å². The van der Waals surface area contributed by atoms with Crippen molar-refractivity contribution >= 4 is 23.3 Å². The second-order valence-electron chi connectivity index (χ2n) is 6.06.